The number of pyridine rings is 1. The van der Waals surface area contributed by atoms with Gasteiger partial charge in [-0.3, -0.25) is 14.6 Å². The van der Waals surface area contributed by atoms with Gasteiger partial charge in [-0.05, 0) is 106 Å². The van der Waals surface area contributed by atoms with Crippen molar-refractivity contribution < 1.29 is 14.7 Å². The number of carbonyl (C=O) groups excluding carboxylic acids is 2. The first-order chi connectivity index (χ1) is 21.9. The molecule has 2 aromatic rings. The number of rotatable bonds is 6. The zero-order valence-corrected chi connectivity index (χ0v) is 26.2. The Balaban J connectivity index is 0.930. The van der Waals surface area contributed by atoms with E-state index >= 15 is 0 Å². The Kier molecular flexibility index (Phi) is 7.40. The normalized spacial score (nSPS) is 33.0. The Hall–Kier alpha value is -3.37. The number of nitrogens with one attached hydrogen (secondary N) is 1. The first kappa shape index (κ1) is 29.1. The van der Waals surface area contributed by atoms with Gasteiger partial charge in [0.1, 0.15) is 5.82 Å². The number of primary amides is 1. The third-order valence-corrected chi connectivity index (χ3v) is 12.3. The fraction of sp³-hybridized carbons (Fsp3) is 0.629. The second-order valence-electron chi connectivity index (χ2n) is 14.7. The zero-order valence-electron chi connectivity index (χ0n) is 26.2. The minimum absolute atomic E-state index is 0.0429. The second kappa shape index (κ2) is 11.5. The molecule has 3 amide bonds. The highest BCUT2D eigenvalue weighted by molar-refractivity contribution is 5.98. The van der Waals surface area contributed by atoms with Crippen LogP contribution in [0.2, 0.25) is 0 Å². The lowest BCUT2D eigenvalue weighted by Gasteiger charge is -2.59. The van der Waals surface area contributed by atoms with Crippen LogP contribution in [0.5, 0.6) is 0 Å². The number of urea groups is 1. The molecule has 0 spiro atoms. The van der Waals surface area contributed by atoms with Crippen molar-refractivity contribution in [2.75, 3.05) is 54.0 Å². The molecule has 4 saturated carbocycles. The van der Waals surface area contributed by atoms with Crippen LogP contribution in [0.15, 0.2) is 42.6 Å². The molecule has 3 aliphatic heterocycles. The number of anilines is 4. The minimum Gasteiger partial charge on any atom is -0.395 e. The van der Waals surface area contributed by atoms with E-state index in [1.807, 2.05) is 29.3 Å². The Bertz CT molecular complexity index is 1410. The first-order valence-corrected chi connectivity index (χ1v) is 17.2. The average Bonchev–Trinajstić information content (AvgIpc) is 3.55. The highest BCUT2D eigenvalue weighted by Gasteiger charge is 2.58. The molecule has 1 aromatic heterocycles. The number of aliphatic hydroxyl groups is 1. The molecule has 240 valence electrons. The van der Waals surface area contributed by atoms with Crippen LogP contribution in [0, 0.1) is 23.2 Å². The van der Waals surface area contributed by atoms with Crippen LogP contribution in [0.4, 0.5) is 27.7 Å². The largest absolute Gasteiger partial charge is 0.395 e. The standard InChI is InChI=1S/C35H47N7O3/c36-33(44)35-18-23-16-24(19-35)32(25(17-23)20-35)38-34(45)42-15-14-41(29-5-1-2-6-30(29)42)31-8-7-27(21-37-31)39-12-9-26(10-13-39)40-11-3-4-28(40)22-43/h1-2,5-8,21,23-26,28,32,43H,3-4,9-20,22H2,(H2,36,44)(H,38,45)/t23?,24?,25?,28-,32?,35?/m1/s1. The summed E-state index contributed by atoms with van der Waals surface area (Å²) in [5, 5.41) is 13.2. The van der Waals surface area contributed by atoms with Gasteiger partial charge in [-0.2, -0.15) is 0 Å². The summed E-state index contributed by atoms with van der Waals surface area (Å²) in [5.41, 5.74) is 8.58. The summed E-state index contributed by atoms with van der Waals surface area (Å²) in [6, 6.07) is 13.4. The summed E-state index contributed by atoms with van der Waals surface area (Å²) in [5.74, 6) is 1.97. The predicted octanol–water partition coefficient (Wildman–Crippen LogP) is 3.86. The molecule has 45 heavy (non-hydrogen) atoms. The highest BCUT2D eigenvalue weighted by Crippen LogP contribution is 2.60. The van der Waals surface area contributed by atoms with Crippen LogP contribution in [0.3, 0.4) is 0 Å². The zero-order chi connectivity index (χ0) is 30.7. The topological polar surface area (TPSA) is 118 Å². The summed E-state index contributed by atoms with van der Waals surface area (Å²) >= 11 is 0. The number of likely N-dealkylation sites (tertiary alicyclic amines) is 1. The quantitative estimate of drug-likeness (QED) is 0.453. The number of benzene rings is 1. The van der Waals surface area contributed by atoms with Crippen LogP contribution in [-0.4, -0.2) is 84.4 Å². The number of aliphatic hydroxyl groups excluding tert-OH is 1. The molecule has 10 heteroatoms. The number of piperidine rings is 1. The van der Waals surface area contributed by atoms with E-state index in [9.17, 15) is 14.7 Å². The first-order valence-electron chi connectivity index (χ1n) is 17.2. The number of hydrogen-bond donors (Lipinski definition) is 3. The lowest BCUT2D eigenvalue weighted by atomic mass is 9.47. The van der Waals surface area contributed by atoms with Crippen LogP contribution < -0.4 is 25.8 Å². The number of fused-ring (bicyclic) bond motifs is 1. The van der Waals surface area contributed by atoms with Gasteiger partial charge in [0.2, 0.25) is 5.91 Å². The van der Waals surface area contributed by atoms with E-state index in [1.54, 1.807) is 0 Å². The van der Waals surface area contributed by atoms with E-state index in [0.29, 0.717) is 42.9 Å². The van der Waals surface area contributed by atoms with E-state index in [2.05, 4.69) is 38.2 Å². The monoisotopic (exact) mass is 613 g/mol. The number of para-hydroxylation sites is 2. The van der Waals surface area contributed by atoms with E-state index < -0.39 is 0 Å². The highest BCUT2D eigenvalue weighted by atomic mass is 16.3. The van der Waals surface area contributed by atoms with Crippen molar-refractivity contribution in [2.24, 2.45) is 28.9 Å². The molecule has 3 atom stereocenters. The van der Waals surface area contributed by atoms with Gasteiger partial charge in [-0.15, -0.1) is 0 Å². The van der Waals surface area contributed by atoms with Gasteiger partial charge in [0.15, 0.2) is 0 Å². The predicted molar refractivity (Wildman–Crippen MR) is 175 cm³/mol. The maximum atomic E-state index is 13.8. The number of nitrogens with zero attached hydrogens (tertiary/aromatic N) is 5. The fourth-order valence-electron chi connectivity index (χ4n) is 10.3. The van der Waals surface area contributed by atoms with Crippen LogP contribution in [-0.2, 0) is 4.79 Å². The summed E-state index contributed by atoms with van der Waals surface area (Å²) < 4.78 is 0. The van der Waals surface area contributed by atoms with E-state index in [0.717, 1.165) is 93.9 Å². The number of aromatic nitrogens is 1. The molecule has 10 nitrogen and oxygen atoms in total. The summed E-state index contributed by atoms with van der Waals surface area (Å²) in [4.78, 5) is 40.2. The van der Waals surface area contributed by atoms with Gasteiger partial charge in [-0.25, -0.2) is 9.78 Å². The Morgan fingerprint density at radius 1 is 0.933 bits per heavy atom. The Labute approximate surface area is 265 Å². The molecule has 0 radical (unpaired) electrons. The summed E-state index contributed by atoms with van der Waals surface area (Å²) in [7, 11) is 0. The Morgan fingerprint density at radius 2 is 1.69 bits per heavy atom. The lowest BCUT2D eigenvalue weighted by molar-refractivity contribution is -0.145. The number of hydrogen-bond acceptors (Lipinski definition) is 7. The summed E-state index contributed by atoms with van der Waals surface area (Å²) in [6.07, 6.45) is 11.3. The molecule has 4 N–H and O–H groups in total. The molecule has 4 aliphatic carbocycles. The van der Waals surface area contributed by atoms with Crippen molar-refractivity contribution in [3.05, 3.63) is 42.6 Å². The molecule has 7 aliphatic rings. The molecular weight excluding hydrogens is 566 g/mol. The van der Waals surface area contributed by atoms with E-state index in [4.69, 9.17) is 10.7 Å². The maximum Gasteiger partial charge on any atom is 0.322 e. The number of carbonyl (C=O) groups is 2. The second-order valence-corrected chi connectivity index (χ2v) is 14.7. The molecule has 1 aromatic carbocycles. The third kappa shape index (κ3) is 5.04. The molecule has 2 saturated heterocycles. The molecule has 4 bridgehead atoms. The molecule has 6 fully saturated rings. The molecule has 9 rings (SSSR count). The van der Waals surface area contributed by atoms with Gasteiger partial charge in [0.25, 0.3) is 0 Å². The van der Waals surface area contributed by atoms with Crippen molar-refractivity contribution in [2.45, 2.75) is 75.9 Å². The Morgan fingerprint density at radius 3 is 2.38 bits per heavy atom. The lowest BCUT2D eigenvalue weighted by Crippen LogP contribution is -2.63. The smallest absolute Gasteiger partial charge is 0.322 e. The van der Waals surface area contributed by atoms with Crippen molar-refractivity contribution in [3.8, 4) is 0 Å². The van der Waals surface area contributed by atoms with Gasteiger partial charge in [0, 0.05) is 49.7 Å². The van der Waals surface area contributed by atoms with Gasteiger partial charge in [-0.1, -0.05) is 12.1 Å². The van der Waals surface area contributed by atoms with E-state index in [1.165, 1.54) is 6.42 Å². The van der Waals surface area contributed by atoms with Gasteiger partial charge in [0.05, 0.1) is 29.9 Å². The van der Waals surface area contributed by atoms with Crippen LogP contribution in [0.25, 0.3) is 0 Å². The molecule has 4 heterocycles. The van der Waals surface area contributed by atoms with Crippen molar-refractivity contribution in [3.63, 3.8) is 0 Å². The molecular formula is C35H47N7O3. The molecule has 2 unspecified atom stereocenters. The maximum absolute atomic E-state index is 13.8. The number of amides is 3. The van der Waals surface area contributed by atoms with Crippen LogP contribution >= 0.6 is 0 Å². The average molecular weight is 614 g/mol. The SMILES string of the molecule is NC(=O)C12CC3CC(C1)C(NC(=O)N1CCN(c4ccc(N5CCC(N6CCC[C@@H]6CO)CC5)cn4)c4ccccc41)C(C3)C2. The fourth-order valence-corrected chi connectivity index (χ4v) is 10.3. The summed E-state index contributed by atoms with van der Waals surface area (Å²) in [6.45, 7) is 4.62. The third-order valence-electron chi connectivity index (χ3n) is 12.3. The van der Waals surface area contributed by atoms with Crippen molar-refractivity contribution in [1.82, 2.24) is 15.2 Å². The van der Waals surface area contributed by atoms with Crippen LogP contribution in [0.1, 0.15) is 57.8 Å². The minimum atomic E-state index is -0.355. The van der Waals surface area contributed by atoms with E-state index in [-0.39, 0.29) is 30.0 Å². The van der Waals surface area contributed by atoms with Crippen molar-refractivity contribution in [1.29, 1.82) is 0 Å². The van der Waals surface area contributed by atoms with Gasteiger partial charge < -0.3 is 26.0 Å². The van der Waals surface area contributed by atoms with Gasteiger partial charge >= 0.3 is 6.03 Å². The number of nitrogens with two attached hydrogens (primary N) is 1. The van der Waals surface area contributed by atoms with Crippen molar-refractivity contribution >= 4 is 34.8 Å².